The molecule has 0 unspecified atom stereocenters. The second-order valence-electron chi connectivity index (χ2n) is 9.77. The Morgan fingerprint density at radius 2 is 2.03 bits per heavy atom. The van der Waals surface area contributed by atoms with Crippen molar-refractivity contribution in [2.45, 2.75) is 74.6 Å². The van der Waals surface area contributed by atoms with Crippen LogP contribution >= 0.6 is 0 Å². The summed E-state index contributed by atoms with van der Waals surface area (Å²) >= 11 is 0. The van der Waals surface area contributed by atoms with Crippen molar-refractivity contribution in [3.05, 3.63) is 24.0 Å². The molecule has 10 heteroatoms. The maximum absolute atomic E-state index is 14.0. The summed E-state index contributed by atoms with van der Waals surface area (Å²) in [6.07, 6.45) is 6.13. The summed E-state index contributed by atoms with van der Waals surface area (Å²) in [5.41, 5.74) is 5.55. The van der Waals surface area contributed by atoms with Gasteiger partial charge in [0.05, 0.1) is 30.8 Å². The molecule has 2 N–H and O–H groups in total. The number of carbonyl (C=O) groups is 3. The standard InChI is InChI=1S/C24H29N5O5/c1-33-16-9-14(11-27-12-16)17-13-28(24(7-8-24)18(17)10-25)21(30)19-6-5-15-3-2-4-20(34-23(26)32)22(31)29(15)19/h9,11-12,15,17-20H,2-8,13H2,1H3,(H2,26,32)/t15-,17-,18-,19-,20-/m0/s1. The van der Waals surface area contributed by atoms with Crippen LogP contribution in [-0.4, -0.2) is 70.1 Å². The molecule has 4 aliphatic rings. The molecule has 3 aliphatic heterocycles. The quantitative estimate of drug-likeness (QED) is 0.711. The van der Waals surface area contributed by atoms with Gasteiger partial charge in [-0.25, -0.2) is 4.79 Å². The number of nitrogens with two attached hydrogens (primary N) is 1. The number of nitrogens with zero attached hydrogens (tertiary/aromatic N) is 4. The van der Waals surface area contributed by atoms with Gasteiger partial charge < -0.3 is 25.0 Å². The van der Waals surface area contributed by atoms with Gasteiger partial charge >= 0.3 is 6.09 Å². The van der Waals surface area contributed by atoms with E-state index in [9.17, 15) is 19.6 Å². The van der Waals surface area contributed by atoms with Gasteiger partial charge in [0.25, 0.3) is 5.91 Å². The Morgan fingerprint density at radius 3 is 2.71 bits per heavy atom. The number of rotatable bonds is 4. The number of aromatic nitrogens is 1. The molecule has 3 saturated heterocycles. The summed E-state index contributed by atoms with van der Waals surface area (Å²) in [5.74, 6) is -0.383. The molecule has 34 heavy (non-hydrogen) atoms. The largest absolute Gasteiger partial charge is 0.495 e. The third-order valence-electron chi connectivity index (χ3n) is 8.04. The van der Waals surface area contributed by atoms with Gasteiger partial charge in [-0.15, -0.1) is 0 Å². The lowest BCUT2D eigenvalue weighted by molar-refractivity contribution is -0.150. The molecule has 10 nitrogen and oxygen atoms in total. The number of ether oxygens (including phenoxy) is 2. The fourth-order valence-corrected chi connectivity index (χ4v) is 6.30. The van der Waals surface area contributed by atoms with Gasteiger partial charge in [0, 0.05) is 24.7 Å². The first-order valence-electron chi connectivity index (χ1n) is 11.9. The second kappa shape index (κ2) is 8.46. The summed E-state index contributed by atoms with van der Waals surface area (Å²) in [7, 11) is 1.57. The second-order valence-corrected chi connectivity index (χ2v) is 9.77. The Balaban J connectivity index is 1.42. The fraction of sp³-hybridized carbons (Fsp3) is 0.625. The summed E-state index contributed by atoms with van der Waals surface area (Å²) < 4.78 is 10.4. The summed E-state index contributed by atoms with van der Waals surface area (Å²) in [6, 6.07) is 3.68. The zero-order chi connectivity index (χ0) is 24.0. The molecule has 180 valence electrons. The molecule has 1 saturated carbocycles. The molecular weight excluding hydrogens is 438 g/mol. The molecule has 0 aromatic carbocycles. The number of nitriles is 1. The summed E-state index contributed by atoms with van der Waals surface area (Å²) in [4.78, 5) is 46.3. The molecule has 4 heterocycles. The number of primary amides is 1. The molecule has 1 aliphatic carbocycles. The lowest BCUT2D eigenvalue weighted by Gasteiger charge is -2.34. The maximum atomic E-state index is 14.0. The van der Waals surface area contributed by atoms with Crippen LogP contribution in [0, 0.1) is 17.2 Å². The molecule has 1 aromatic rings. The van der Waals surface area contributed by atoms with E-state index in [0.29, 0.717) is 25.1 Å². The monoisotopic (exact) mass is 467 g/mol. The number of pyridine rings is 1. The highest BCUT2D eigenvalue weighted by Gasteiger charge is 2.64. The molecule has 4 fully saturated rings. The van der Waals surface area contributed by atoms with Crippen LogP contribution in [0.5, 0.6) is 5.75 Å². The summed E-state index contributed by atoms with van der Waals surface area (Å²) in [6.45, 7) is 0.399. The number of carbonyl (C=O) groups excluding carboxylic acids is 3. The van der Waals surface area contributed by atoms with Gasteiger partial charge in [-0.3, -0.25) is 14.6 Å². The summed E-state index contributed by atoms with van der Waals surface area (Å²) in [5, 5.41) is 10.1. The number of likely N-dealkylation sites (tertiary alicyclic amines) is 1. The average molecular weight is 468 g/mol. The van der Waals surface area contributed by atoms with E-state index in [1.165, 1.54) is 0 Å². The first-order valence-corrected chi connectivity index (χ1v) is 11.9. The van der Waals surface area contributed by atoms with Crippen LogP contribution in [-0.2, 0) is 14.3 Å². The number of amides is 3. The van der Waals surface area contributed by atoms with E-state index in [1.54, 1.807) is 24.4 Å². The van der Waals surface area contributed by atoms with Gasteiger partial charge in [-0.05, 0) is 56.6 Å². The third-order valence-corrected chi connectivity index (χ3v) is 8.04. The predicted octanol–water partition coefficient (Wildman–Crippen LogP) is 1.70. The minimum absolute atomic E-state index is 0.0502. The Morgan fingerprint density at radius 1 is 1.24 bits per heavy atom. The van der Waals surface area contributed by atoms with Gasteiger partial charge in [0.2, 0.25) is 5.91 Å². The fourth-order valence-electron chi connectivity index (χ4n) is 6.30. The normalized spacial score (nSPS) is 31.5. The number of hydrogen-bond acceptors (Lipinski definition) is 7. The molecule has 0 radical (unpaired) electrons. The van der Waals surface area contributed by atoms with Crippen LogP contribution in [0.15, 0.2) is 18.5 Å². The smallest absolute Gasteiger partial charge is 0.405 e. The van der Waals surface area contributed by atoms with E-state index in [2.05, 4.69) is 11.1 Å². The minimum Gasteiger partial charge on any atom is -0.495 e. The first-order chi connectivity index (χ1) is 16.4. The van der Waals surface area contributed by atoms with Crippen molar-refractivity contribution in [3.8, 4) is 11.8 Å². The third kappa shape index (κ3) is 3.54. The highest BCUT2D eigenvalue weighted by atomic mass is 16.6. The van der Waals surface area contributed by atoms with E-state index in [1.807, 2.05) is 11.0 Å². The van der Waals surface area contributed by atoms with Gasteiger partial charge in [-0.2, -0.15) is 5.26 Å². The molecule has 5 atom stereocenters. The average Bonchev–Trinajstić information content (AvgIpc) is 3.43. The van der Waals surface area contributed by atoms with E-state index in [-0.39, 0.29) is 29.7 Å². The van der Waals surface area contributed by atoms with Crippen molar-refractivity contribution < 1.29 is 23.9 Å². The van der Waals surface area contributed by atoms with Crippen LogP contribution in [0.2, 0.25) is 0 Å². The topological polar surface area (TPSA) is 139 Å². The van der Waals surface area contributed by atoms with Crippen LogP contribution in [0.1, 0.15) is 56.4 Å². The van der Waals surface area contributed by atoms with Crippen molar-refractivity contribution in [1.82, 2.24) is 14.8 Å². The Bertz CT molecular complexity index is 1050. The first kappa shape index (κ1) is 22.4. The number of methoxy groups -OCH3 is 1. The van der Waals surface area contributed by atoms with Crippen LogP contribution in [0.3, 0.4) is 0 Å². The highest BCUT2D eigenvalue weighted by molar-refractivity contribution is 5.92. The zero-order valence-electron chi connectivity index (χ0n) is 19.2. The SMILES string of the molecule is COc1cncc([C@@H]2CN(C(=O)[C@@H]3CC[C@@H]4CCC[C@H](OC(N)=O)C(=O)N43)C3(CC3)[C@H]2C#N)c1. The Hall–Kier alpha value is -3.35. The van der Waals surface area contributed by atoms with Crippen LogP contribution in [0.25, 0.3) is 0 Å². The van der Waals surface area contributed by atoms with Crippen molar-refractivity contribution in [1.29, 1.82) is 5.26 Å². The lowest BCUT2D eigenvalue weighted by Crippen LogP contribution is -2.54. The van der Waals surface area contributed by atoms with Crippen molar-refractivity contribution in [2.75, 3.05) is 13.7 Å². The molecule has 3 amide bonds. The molecular formula is C24H29N5O5. The van der Waals surface area contributed by atoms with Crippen molar-refractivity contribution >= 4 is 17.9 Å². The number of hydrogen-bond donors (Lipinski definition) is 1. The molecule has 1 aromatic heterocycles. The van der Waals surface area contributed by atoms with Gasteiger partial charge in [0.1, 0.15) is 11.8 Å². The predicted molar refractivity (Wildman–Crippen MR) is 118 cm³/mol. The maximum Gasteiger partial charge on any atom is 0.405 e. The molecule has 5 rings (SSSR count). The minimum atomic E-state index is -0.984. The van der Waals surface area contributed by atoms with Crippen LogP contribution in [0.4, 0.5) is 4.79 Å². The lowest BCUT2D eigenvalue weighted by atomic mass is 9.85. The Labute approximate surface area is 198 Å². The molecule has 1 spiro atoms. The van der Waals surface area contributed by atoms with Gasteiger partial charge in [-0.1, -0.05) is 0 Å². The van der Waals surface area contributed by atoms with E-state index >= 15 is 0 Å². The van der Waals surface area contributed by atoms with Crippen molar-refractivity contribution in [3.63, 3.8) is 0 Å². The Kier molecular flexibility index (Phi) is 5.58. The highest BCUT2D eigenvalue weighted by Crippen LogP contribution is 2.58. The van der Waals surface area contributed by atoms with E-state index in [4.69, 9.17) is 15.2 Å². The number of fused-ring (bicyclic) bond motifs is 1. The van der Waals surface area contributed by atoms with Crippen LogP contribution < -0.4 is 10.5 Å². The molecule has 0 bridgehead atoms. The zero-order valence-corrected chi connectivity index (χ0v) is 19.2. The van der Waals surface area contributed by atoms with Crippen molar-refractivity contribution in [2.24, 2.45) is 11.7 Å². The van der Waals surface area contributed by atoms with Gasteiger partial charge in [0.15, 0.2) is 6.10 Å². The van der Waals surface area contributed by atoms with E-state index < -0.39 is 23.8 Å². The van der Waals surface area contributed by atoms with E-state index in [0.717, 1.165) is 37.7 Å².